The first-order chi connectivity index (χ1) is 10.5. The molecule has 0 radical (unpaired) electrons. The first-order valence-corrected chi connectivity index (χ1v) is 6.12. The minimum Gasteiger partial charge on any atom is -0.478 e. The molecule has 2 nitrogen and oxygen atoms in total. The van der Waals surface area contributed by atoms with Crippen LogP contribution in [0, 0.1) is 0 Å². The molecule has 0 saturated carbocycles. The zero-order valence-electron chi connectivity index (χ0n) is 11.2. The number of hydrogen-bond acceptors (Lipinski definition) is 1. The van der Waals surface area contributed by atoms with Gasteiger partial charge in [-0.3, -0.25) is 0 Å². The van der Waals surface area contributed by atoms with Gasteiger partial charge in [-0.1, -0.05) is 18.2 Å². The second-order valence-corrected chi connectivity index (χ2v) is 4.64. The standard InChI is InChI=1S/C15H8F6O2/c16-14(17,18)10-3-1-2-8(6-10)9-4-5-11(13(22)23)12(7-9)15(19,20)21/h1-7H,(H,22,23). The highest BCUT2D eigenvalue weighted by molar-refractivity contribution is 5.90. The van der Waals surface area contributed by atoms with Gasteiger partial charge in [0.1, 0.15) is 0 Å². The average molecular weight is 334 g/mol. The normalized spacial score (nSPS) is 12.3. The summed E-state index contributed by atoms with van der Waals surface area (Å²) in [4.78, 5) is 10.9. The molecule has 0 saturated heterocycles. The van der Waals surface area contributed by atoms with Crippen molar-refractivity contribution in [2.75, 3.05) is 0 Å². The minimum absolute atomic E-state index is 0.0951. The fourth-order valence-electron chi connectivity index (χ4n) is 2.02. The van der Waals surface area contributed by atoms with Gasteiger partial charge in [0, 0.05) is 0 Å². The Morgan fingerprint density at radius 3 is 1.96 bits per heavy atom. The number of rotatable bonds is 2. The molecule has 0 fully saturated rings. The lowest BCUT2D eigenvalue weighted by Crippen LogP contribution is -2.13. The number of carboxylic acids is 1. The molecule has 122 valence electrons. The topological polar surface area (TPSA) is 37.3 Å². The van der Waals surface area contributed by atoms with Crippen LogP contribution in [0.5, 0.6) is 0 Å². The van der Waals surface area contributed by atoms with Gasteiger partial charge in [-0.25, -0.2) is 4.79 Å². The van der Waals surface area contributed by atoms with Gasteiger partial charge in [0.05, 0.1) is 16.7 Å². The fraction of sp³-hybridized carbons (Fsp3) is 0.133. The van der Waals surface area contributed by atoms with Crippen LogP contribution in [-0.2, 0) is 12.4 Å². The first kappa shape index (κ1) is 16.9. The van der Waals surface area contributed by atoms with Gasteiger partial charge in [-0.15, -0.1) is 0 Å². The number of benzene rings is 2. The maximum absolute atomic E-state index is 12.9. The van der Waals surface area contributed by atoms with E-state index in [4.69, 9.17) is 5.11 Å². The highest BCUT2D eigenvalue weighted by Gasteiger charge is 2.36. The number of alkyl halides is 6. The van der Waals surface area contributed by atoms with Gasteiger partial charge in [0.25, 0.3) is 0 Å². The third kappa shape index (κ3) is 3.64. The lowest BCUT2D eigenvalue weighted by atomic mass is 9.97. The monoisotopic (exact) mass is 334 g/mol. The molecule has 0 aromatic heterocycles. The van der Waals surface area contributed by atoms with Crippen LogP contribution in [0.1, 0.15) is 21.5 Å². The third-order valence-corrected chi connectivity index (χ3v) is 3.08. The maximum atomic E-state index is 12.9. The van der Waals surface area contributed by atoms with E-state index in [9.17, 15) is 31.1 Å². The van der Waals surface area contributed by atoms with Crippen LogP contribution in [0.15, 0.2) is 42.5 Å². The predicted octanol–water partition coefficient (Wildman–Crippen LogP) is 5.09. The zero-order valence-corrected chi connectivity index (χ0v) is 11.2. The summed E-state index contributed by atoms with van der Waals surface area (Å²) < 4.78 is 76.8. The van der Waals surface area contributed by atoms with Crippen molar-refractivity contribution < 1.29 is 36.2 Å². The molecule has 0 aliphatic rings. The third-order valence-electron chi connectivity index (χ3n) is 3.08. The van der Waals surface area contributed by atoms with Crippen molar-refractivity contribution >= 4 is 5.97 Å². The van der Waals surface area contributed by atoms with Gasteiger partial charge >= 0.3 is 18.3 Å². The Balaban J connectivity index is 2.60. The van der Waals surface area contributed by atoms with E-state index in [-0.39, 0.29) is 11.1 Å². The average Bonchev–Trinajstić information content (AvgIpc) is 2.45. The molecule has 0 aliphatic heterocycles. The smallest absolute Gasteiger partial charge is 0.417 e. The summed E-state index contributed by atoms with van der Waals surface area (Å²) in [6, 6.07) is 6.06. The summed E-state index contributed by atoms with van der Waals surface area (Å²) in [7, 11) is 0. The van der Waals surface area contributed by atoms with Gasteiger partial charge in [-0.2, -0.15) is 26.3 Å². The molecule has 0 bridgehead atoms. The van der Waals surface area contributed by atoms with Gasteiger partial charge in [-0.05, 0) is 35.4 Å². The van der Waals surface area contributed by atoms with Gasteiger partial charge < -0.3 is 5.11 Å². The van der Waals surface area contributed by atoms with E-state index in [1.807, 2.05) is 0 Å². The second-order valence-electron chi connectivity index (χ2n) is 4.64. The molecular weight excluding hydrogens is 326 g/mol. The maximum Gasteiger partial charge on any atom is 0.417 e. The van der Waals surface area contributed by atoms with Crippen molar-refractivity contribution in [2.45, 2.75) is 12.4 Å². The summed E-state index contributed by atoms with van der Waals surface area (Å²) in [6.07, 6.45) is -9.57. The Morgan fingerprint density at radius 1 is 0.826 bits per heavy atom. The van der Waals surface area contributed by atoms with E-state index in [1.165, 1.54) is 6.07 Å². The zero-order chi connectivity index (χ0) is 17.4. The van der Waals surface area contributed by atoms with Gasteiger partial charge in [0.2, 0.25) is 0 Å². The molecule has 0 unspecified atom stereocenters. The van der Waals surface area contributed by atoms with E-state index in [2.05, 4.69) is 0 Å². The summed E-state index contributed by atoms with van der Waals surface area (Å²) in [5.41, 5.74) is -3.64. The second kappa shape index (κ2) is 5.60. The molecule has 8 heteroatoms. The van der Waals surface area contributed by atoms with Crippen molar-refractivity contribution in [3.8, 4) is 11.1 Å². The highest BCUT2D eigenvalue weighted by Crippen LogP contribution is 2.36. The van der Waals surface area contributed by atoms with Crippen LogP contribution in [0.2, 0.25) is 0 Å². The van der Waals surface area contributed by atoms with Crippen LogP contribution in [0.4, 0.5) is 26.3 Å². The Hall–Kier alpha value is -2.51. The van der Waals surface area contributed by atoms with Crippen molar-refractivity contribution in [3.05, 3.63) is 59.2 Å². The molecule has 2 aromatic rings. The lowest BCUT2D eigenvalue weighted by Gasteiger charge is -2.13. The Bertz CT molecular complexity index is 746. The largest absolute Gasteiger partial charge is 0.478 e. The van der Waals surface area contributed by atoms with Crippen LogP contribution in [-0.4, -0.2) is 11.1 Å². The Morgan fingerprint density at radius 2 is 1.43 bits per heavy atom. The molecule has 23 heavy (non-hydrogen) atoms. The van der Waals surface area contributed by atoms with Crippen molar-refractivity contribution in [1.82, 2.24) is 0 Å². The highest BCUT2D eigenvalue weighted by atomic mass is 19.4. The molecule has 0 heterocycles. The van der Waals surface area contributed by atoms with E-state index in [1.54, 1.807) is 0 Å². The van der Waals surface area contributed by atoms with Crippen molar-refractivity contribution in [3.63, 3.8) is 0 Å². The number of carbonyl (C=O) groups is 1. The molecule has 2 rings (SSSR count). The fourth-order valence-corrected chi connectivity index (χ4v) is 2.02. The lowest BCUT2D eigenvalue weighted by molar-refractivity contribution is -0.138. The number of hydrogen-bond donors (Lipinski definition) is 1. The molecule has 0 aliphatic carbocycles. The SMILES string of the molecule is O=C(O)c1ccc(-c2cccc(C(F)(F)F)c2)cc1C(F)(F)F. The summed E-state index contributed by atoms with van der Waals surface area (Å²) >= 11 is 0. The minimum atomic E-state index is -4.94. The van der Waals surface area contributed by atoms with E-state index in [0.29, 0.717) is 12.1 Å². The van der Waals surface area contributed by atoms with Crippen LogP contribution in [0.3, 0.4) is 0 Å². The first-order valence-electron chi connectivity index (χ1n) is 6.12. The molecule has 1 N–H and O–H groups in total. The Kier molecular flexibility index (Phi) is 4.10. The number of halogens is 6. The summed E-state index contributed by atoms with van der Waals surface area (Å²) in [5.74, 6) is -1.77. The van der Waals surface area contributed by atoms with E-state index in [0.717, 1.165) is 24.3 Å². The van der Waals surface area contributed by atoms with Crippen LogP contribution in [0.25, 0.3) is 11.1 Å². The molecule has 0 atom stereocenters. The summed E-state index contributed by atoms with van der Waals surface area (Å²) in [5, 5.41) is 8.79. The molecule has 2 aromatic carbocycles. The number of aromatic carboxylic acids is 1. The predicted molar refractivity (Wildman–Crippen MR) is 68.8 cm³/mol. The quantitative estimate of drug-likeness (QED) is 0.777. The number of carboxylic acid groups (broad SMARTS) is 1. The van der Waals surface area contributed by atoms with Crippen LogP contribution < -0.4 is 0 Å². The molecule has 0 amide bonds. The van der Waals surface area contributed by atoms with Crippen molar-refractivity contribution in [1.29, 1.82) is 0 Å². The summed E-state index contributed by atoms with van der Waals surface area (Å²) in [6.45, 7) is 0. The van der Waals surface area contributed by atoms with E-state index >= 15 is 0 Å². The van der Waals surface area contributed by atoms with Crippen molar-refractivity contribution in [2.24, 2.45) is 0 Å². The van der Waals surface area contributed by atoms with Crippen LogP contribution >= 0.6 is 0 Å². The van der Waals surface area contributed by atoms with E-state index < -0.39 is 35.0 Å². The molecule has 0 spiro atoms. The Labute approximate surface area is 126 Å². The molecular formula is C15H8F6O2. The van der Waals surface area contributed by atoms with Gasteiger partial charge in [0.15, 0.2) is 0 Å².